The zero-order valence-electron chi connectivity index (χ0n) is 9.77. The Hall–Kier alpha value is -1.23. The number of halogens is 1. The van der Waals surface area contributed by atoms with Crippen molar-refractivity contribution >= 4 is 29.2 Å². The Labute approximate surface area is 116 Å². The second kappa shape index (κ2) is 6.64. The quantitative estimate of drug-likeness (QED) is 0.650. The summed E-state index contributed by atoms with van der Waals surface area (Å²) < 4.78 is 0. The molecule has 0 radical (unpaired) electrons. The molecule has 3 nitrogen and oxygen atoms in total. The van der Waals surface area contributed by atoms with Crippen LogP contribution in [-0.2, 0) is 11.5 Å². The van der Waals surface area contributed by atoms with Crippen molar-refractivity contribution in [2.75, 3.05) is 5.43 Å². The number of nitrogens with two attached hydrogens (primary N) is 1. The summed E-state index contributed by atoms with van der Waals surface area (Å²) in [4.78, 5) is 4.07. The van der Waals surface area contributed by atoms with Crippen LogP contribution in [0.5, 0.6) is 0 Å². The van der Waals surface area contributed by atoms with E-state index >= 15 is 0 Å². The molecule has 1 aromatic carbocycles. The summed E-state index contributed by atoms with van der Waals surface area (Å²) >= 11 is 7.92. The number of nitrogens with zero attached hydrogens (tertiary/aromatic N) is 1. The van der Waals surface area contributed by atoms with Crippen LogP contribution in [0, 0.1) is 0 Å². The summed E-state index contributed by atoms with van der Waals surface area (Å²) in [6, 6.07) is 11.8. The van der Waals surface area contributed by atoms with Crippen LogP contribution in [0.4, 0.5) is 5.82 Å². The van der Waals surface area contributed by atoms with Gasteiger partial charge in [-0.15, -0.1) is 0 Å². The van der Waals surface area contributed by atoms with Crippen LogP contribution in [0.2, 0.25) is 5.02 Å². The monoisotopic (exact) mass is 279 g/mol. The highest BCUT2D eigenvalue weighted by atomic mass is 35.5. The molecule has 3 N–H and O–H groups in total. The molecule has 0 aliphatic carbocycles. The number of aromatic nitrogens is 1. The van der Waals surface area contributed by atoms with Gasteiger partial charge in [-0.1, -0.05) is 29.8 Å². The maximum Gasteiger partial charge on any atom is 0.140 e. The van der Waals surface area contributed by atoms with Gasteiger partial charge in [0.1, 0.15) is 5.82 Å². The Morgan fingerprint density at radius 2 is 2.06 bits per heavy atom. The minimum Gasteiger partial charge on any atom is -0.308 e. The lowest BCUT2D eigenvalue weighted by Crippen LogP contribution is -2.08. The zero-order chi connectivity index (χ0) is 12.8. The molecule has 2 rings (SSSR count). The van der Waals surface area contributed by atoms with E-state index in [1.165, 1.54) is 5.56 Å². The van der Waals surface area contributed by atoms with Gasteiger partial charge in [-0.05, 0) is 29.3 Å². The molecule has 18 heavy (non-hydrogen) atoms. The van der Waals surface area contributed by atoms with E-state index in [0.29, 0.717) is 5.82 Å². The van der Waals surface area contributed by atoms with Gasteiger partial charge in [0, 0.05) is 22.7 Å². The van der Waals surface area contributed by atoms with Crippen LogP contribution in [0.1, 0.15) is 11.1 Å². The lowest BCUT2D eigenvalue weighted by molar-refractivity contribution is 1.20. The van der Waals surface area contributed by atoms with Gasteiger partial charge in [0.25, 0.3) is 0 Å². The maximum absolute atomic E-state index is 6.10. The number of anilines is 1. The third kappa shape index (κ3) is 3.63. The molecule has 1 aromatic heterocycles. The summed E-state index contributed by atoms with van der Waals surface area (Å²) in [6.07, 6.45) is 1.75. The number of benzene rings is 1. The normalized spacial score (nSPS) is 10.3. The highest BCUT2D eigenvalue weighted by Crippen LogP contribution is 2.23. The van der Waals surface area contributed by atoms with Crippen molar-refractivity contribution in [2.24, 2.45) is 5.84 Å². The Kier molecular flexibility index (Phi) is 4.87. The topological polar surface area (TPSA) is 50.9 Å². The first-order valence-corrected chi connectivity index (χ1v) is 7.05. The van der Waals surface area contributed by atoms with E-state index in [4.69, 9.17) is 17.4 Å². The molecule has 5 heteroatoms. The first kappa shape index (κ1) is 13.2. The van der Waals surface area contributed by atoms with E-state index in [1.54, 1.807) is 6.20 Å². The molecule has 0 aliphatic heterocycles. The van der Waals surface area contributed by atoms with E-state index in [1.807, 2.05) is 42.1 Å². The molecule has 1 heterocycles. The fourth-order valence-corrected chi connectivity index (χ4v) is 2.81. The van der Waals surface area contributed by atoms with E-state index in [-0.39, 0.29) is 0 Å². The first-order chi connectivity index (χ1) is 8.79. The van der Waals surface area contributed by atoms with Crippen molar-refractivity contribution in [1.29, 1.82) is 0 Å². The van der Waals surface area contributed by atoms with Gasteiger partial charge in [-0.2, -0.15) is 11.8 Å². The van der Waals surface area contributed by atoms with Crippen molar-refractivity contribution in [3.63, 3.8) is 0 Å². The van der Waals surface area contributed by atoms with Crippen molar-refractivity contribution in [3.8, 4) is 0 Å². The van der Waals surface area contributed by atoms with Crippen LogP contribution in [0.25, 0.3) is 0 Å². The Balaban J connectivity index is 1.90. The molecular weight excluding hydrogens is 266 g/mol. The van der Waals surface area contributed by atoms with Gasteiger partial charge in [-0.3, -0.25) is 0 Å². The third-order valence-electron chi connectivity index (χ3n) is 2.46. The van der Waals surface area contributed by atoms with Gasteiger partial charge in [0.05, 0.1) is 0 Å². The van der Waals surface area contributed by atoms with Crippen LogP contribution in [-0.4, -0.2) is 4.98 Å². The number of nitrogens with one attached hydrogen (secondary N) is 1. The number of thioether (sulfide) groups is 1. The van der Waals surface area contributed by atoms with Crippen LogP contribution in [0.15, 0.2) is 42.6 Å². The van der Waals surface area contributed by atoms with Gasteiger partial charge in [0.15, 0.2) is 0 Å². The molecule has 0 fully saturated rings. The Morgan fingerprint density at radius 3 is 2.83 bits per heavy atom. The van der Waals surface area contributed by atoms with Crippen molar-refractivity contribution in [1.82, 2.24) is 4.98 Å². The fourth-order valence-electron chi connectivity index (χ4n) is 1.54. The summed E-state index contributed by atoms with van der Waals surface area (Å²) in [5.74, 6) is 7.81. The second-order valence-electron chi connectivity index (χ2n) is 3.78. The van der Waals surface area contributed by atoms with Gasteiger partial charge >= 0.3 is 0 Å². The Bertz CT molecular complexity index is 519. The minimum atomic E-state index is 0.686. The highest BCUT2D eigenvalue weighted by molar-refractivity contribution is 7.97. The van der Waals surface area contributed by atoms with E-state index < -0.39 is 0 Å². The molecule has 0 saturated heterocycles. The van der Waals surface area contributed by atoms with Gasteiger partial charge < -0.3 is 5.43 Å². The molecule has 0 unspecified atom stereocenters. The largest absolute Gasteiger partial charge is 0.308 e. The minimum absolute atomic E-state index is 0.686. The molecule has 0 aliphatic rings. The summed E-state index contributed by atoms with van der Waals surface area (Å²) in [6.45, 7) is 0. The predicted octanol–water partition coefficient (Wildman–Crippen LogP) is 3.45. The van der Waals surface area contributed by atoms with E-state index in [2.05, 4.69) is 16.5 Å². The summed E-state index contributed by atoms with van der Waals surface area (Å²) in [5.41, 5.74) is 4.90. The third-order valence-corrected chi connectivity index (χ3v) is 3.88. The maximum atomic E-state index is 6.10. The Morgan fingerprint density at radius 1 is 1.22 bits per heavy atom. The van der Waals surface area contributed by atoms with E-state index in [9.17, 15) is 0 Å². The standard InChI is InChI=1S/C13H14ClN3S/c14-12-4-2-1-3-11(12)9-18-8-10-5-6-16-13(7-10)17-15/h1-7H,8-9,15H2,(H,16,17). The molecule has 0 bridgehead atoms. The molecule has 0 saturated carbocycles. The molecular formula is C13H14ClN3S. The second-order valence-corrected chi connectivity index (χ2v) is 5.17. The first-order valence-electron chi connectivity index (χ1n) is 5.52. The summed E-state index contributed by atoms with van der Waals surface area (Å²) in [7, 11) is 0. The SMILES string of the molecule is NNc1cc(CSCc2ccccc2Cl)ccn1. The van der Waals surface area contributed by atoms with Gasteiger partial charge in [0.2, 0.25) is 0 Å². The predicted molar refractivity (Wildman–Crippen MR) is 78.5 cm³/mol. The van der Waals surface area contributed by atoms with Crippen molar-refractivity contribution in [3.05, 3.63) is 58.7 Å². The highest BCUT2D eigenvalue weighted by Gasteiger charge is 2.00. The average molecular weight is 280 g/mol. The molecule has 0 atom stereocenters. The lowest BCUT2D eigenvalue weighted by Gasteiger charge is -2.05. The van der Waals surface area contributed by atoms with Crippen molar-refractivity contribution < 1.29 is 0 Å². The smallest absolute Gasteiger partial charge is 0.140 e. The van der Waals surface area contributed by atoms with Crippen LogP contribution >= 0.6 is 23.4 Å². The van der Waals surface area contributed by atoms with Crippen LogP contribution in [0.3, 0.4) is 0 Å². The number of pyridine rings is 1. The molecule has 2 aromatic rings. The average Bonchev–Trinajstić information content (AvgIpc) is 2.41. The zero-order valence-corrected chi connectivity index (χ0v) is 11.3. The number of hydrogen-bond acceptors (Lipinski definition) is 4. The number of nitrogen functional groups attached to an aromatic ring is 1. The molecule has 0 amide bonds. The molecule has 94 valence electrons. The van der Waals surface area contributed by atoms with Crippen molar-refractivity contribution in [2.45, 2.75) is 11.5 Å². The van der Waals surface area contributed by atoms with Gasteiger partial charge in [-0.25, -0.2) is 10.8 Å². The number of rotatable bonds is 5. The molecule has 0 spiro atoms. The fraction of sp³-hybridized carbons (Fsp3) is 0.154. The number of hydrazine groups is 1. The number of hydrogen-bond donors (Lipinski definition) is 2. The van der Waals surface area contributed by atoms with Crippen LogP contribution < -0.4 is 11.3 Å². The lowest BCUT2D eigenvalue weighted by atomic mass is 10.2. The summed E-state index contributed by atoms with van der Waals surface area (Å²) in [5, 5.41) is 0.823. The van der Waals surface area contributed by atoms with E-state index in [0.717, 1.165) is 22.1 Å².